The van der Waals surface area contributed by atoms with E-state index in [4.69, 9.17) is 0 Å². The molecule has 0 aromatic carbocycles. The van der Waals surface area contributed by atoms with E-state index in [-0.39, 0.29) is 6.10 Å². The number of hydrogen-bond acceptors (Lipinski definition) is 2. The van der Waals surface area contributed by atoms with E-state index in [1.807, 2.05) is 0 Å². The molecule has 0 bridgehead atoms. The topological polar surface area (TPSA) is 23.5 Å². The molecule has 3 unspecified atom stereocenters. The van der Waals surface area contributed by atoms with Crippen molar-refractivity contribution in [3.05, 3.63) is 0 Å². The summed E-state index contributed by atoms with van der Waals surface area (Å²) < 4.78 is 0. The molecule has 0 saturated heterocycles. The first kappa shape index (κ1) is 17.0. The molecule has 1 N–H and O–H groups in total. The zero-order valence-corrected chi connectivity index (χ0v) is 13.8. The molecule has 0 spiro atoms. The van der Waals surface area contributed by atoms with Gasteiger partial charge in [-0.05, 0) is 56.0 Å². The molecule has 0 aliphatic heterocycles. The fourth-order valence-electron chi connectivity index (χ4n) is 3.32. The van der Waals surface area contributed by atoms with E-state index in [0.29, 0.717) is 11.3 Å². The van der Waals surface area contributed by atoms with Crippen LogP contribution in [0.5, 0.6) is 0 Å². The highest BCUT2D eigenvalue weighted by atomic mass is 16.3. The number of rotatable bonds is 6. The van der Waals surface area contributed by atoms with E-state index in [1.165, 1.54) is 32.2 Å². The zero-order valence-electron chi connectivity index (χ0n) is 13.8. The Morgan fingerprint density at radius 3 is 2.37 bits per heavy atom. The van der Waals surface area contributed by atoms with Crippen LogP contribution < -0.4 is 0 Å². The summed E-state index contributed by atoms with van der Waals surface area (Å²) in [5.41, 5.74) is 0.388. The molecule has 0 amide bonds. The van der Waals surface area contributed by atoms with Crippen molar-refractivity contribution >= 4 is 0 Å². The summed E-state index contributed by atoms with van der Waals surface area (Å²) in [7, 11) is 0. The fourth-order valence-corrected chi connectivity index (χ4v) is 3.32. The van der Waals surface area contributed by atoms with Crippen molar-refractivity contribution in [2.24, 2.45) is 17.3 Å². The maximum absolute atomic E-state index is 10.3. The molecule has 1 saturated carbocycles. The van der Waals surface area contributed by atoms with Gasteiger partial charge in [-0.25, -0.2) is 0 Å². The normalized spacial score (nSPS) is 28.9. The van der Waals surface area contributed by atoms with Crippen LogP contribution in [0.4, 0.5) is 0 Å². The molecule has 0 aromatic rings. The van der Waals surface area contributed by atoms with Crippen LogP contribution >= 0.6 is 0 Å². The first-order valence-electron chi connectivity index (χ1n) is 8.28. The van der Waals surface area contributed by atoms with Crippen LogP contribution in [0.1, 0.15) is 66.7 Å². The van der Waals surface area contributed by atoms with E-state index < -0.39 is 0 Å². The second kappa shape index (κ2) is 7.64. The second-order valence-electron chi connectivity index (χ2n) is 7.45. The summed E-state index contributed by atoms with van der Waals surface area (Å²) in [6, 6.07) is 0. The summed E-state index contributed by atoms with van der Waals surface area (Å²) >= 11 is 0. The Kier molecular flexibility index (Phi) is 6.82. The molecule has 114 valence electrons. The Labute approximate surface area is 120 Å². The van der Waals surface area contributed by atoms with Gasteiger partial charge in [-0.3, -0.25) is 0 Å². The molecule has 1 aliphatic rings. The molecule has 2 nitrogen and oxygen atoms in total. The van der Waals surface area contributed by atoms with E-state index in [0.717, 1.165) is 25.4 Å². The van der Waals surface area contributed by atoms with Gasteiger partial charge in [-0.1, -0.05) is 41.0 Å². The van der Waals surface area contributed by atoms with Gasteiger partial charge in [-0.2, -0.15) is 0 Å². The minimum atomic E-state index is -0.0747. The molecule has 2 heteroatoms. The average Bonchev–Trinajstić information content (AvgIpc) is 2.35. The Hall–Kier alpha value is -0.0800. The van der Waals surface area contributed by atoms with Crippen LogP contribution in [0.15, 0.2) is 0 Å². The summed E-state index contributed by atoms with van der Waals surface area (Å²) in [6.07, 6.45) is 5.86. The van der Waals surface area contributed by atoms with Crippen molar-refractivity contribution < 1.29 is 5.11 Å². The van der Waals surface area contributed by atoms with Crippen LogP contribution in [0.3, 0.4) is 0 Å². The minimum Gasteiger partial charge on any atom is -0.393 e. The SMILES string of the molecule is CCCCN(CC)CC1CC(C(C)(C)C)CCC1O. The third-order valence-electron chi connectivity index (χ3n) is 4.93. The summed E-state index contributed by atoms with van der Waals surface area (Å²) in [6.45, 7) is 14.9. The largest absolute Gasteiger partial charge is 0.393 e. The van der Waals surface area contributed by atoms with Crippen molar-refractivity contribution in [2.45, 2.75) is 72.8 Å². The van der Waals surface area contributed by atoms with Gasteiger partial charge in [0.25, 0.3) is 0 Å². The maximum atomic E-state index is 10.3. The van der Waals surface area contributed by atoms with Gasteiger partial charge in [0.15, 0.2) is 0 Å². The number of aliphatic hydroxyl groups is 1. The van der Waals surface area contributed by atoms with Crippen molar-refractivity contribution in [1.82, 2.24) is 4.90 Å². The molecule has 0 aromatic heterocycles. The minimum absolute atomic E-state index is 0.0747. The van der Waals surface area contributed by atoms with Crippen molar-refractivity contribution in [2.75, 3.05) is 19.6 Å². The summed E-state index contributed by atoms with van der Waals surface area (Å²) in [5, 5.41) is 10.3. The Morgan fingerprint density at radius 2 is 1.84 bits per heavy atom. The predicted octanol–water partition coefficient (Wildman–Crippen LogP) is 3.93. The van der Waals surface area contributed by atoms with Crippen LogP contribution in [-0.2, 0) is 0 Å². The Balaban J connectivity index is 2.53. The van der Waals surface area contributed by atoms with Gasteiger partial charge in [0, 0.05) is 6.54 Å². The zero-order chi connectivity index (χ0) is 14.5. The molecule has 1 rings (SSSR count). The average molecular weight is 269 g/mol. The van der Waals surface area contributed by atoms with Crippen LogP contribution in [0.2, 0.25) is 0 Å². The quantitative estimate of drug-likeness (QED) is 0.789. The second-order valence-corrected chi connectivity index (χ2v) is 7.45. The van der Waals surface area contributed by atoms with Crippen molar-refractivity contribution in [1.29, 1.82) is 0 Å². The third kappa shape index (κ3) is 5.43. The van der Waals surface area contributed by atoms with E-state index >= 15 is 0 Å². The highest BCUT2D eigenvalue weighted by Crippen LogP contribution is 2.40. The number of nitrogens with zero attached hydrogens (tertiary/aromatic N) is 1. The first-order valence-corrected chi connectivity index (χ1v) is 8.28. The van der Waals surface area contributed by atoms with Gasteiger partial charge < -0.3 is 10.0 Å². The van der Waals surface area contributed by atoms with Gasteiger partial charge >= 0.3 is 0 Å². The van der Waals surface area contributed by atoms with Crippen LogP contribution in [0, 0.1) is 17.3 Å². The van der Waals surface area contributed by atoms with Gasteiger partial charge in [0.1, 0.15) is 0 Å². The van der Waals surface area contributed by atoms with Crippen LogP contribution in [0.25, 0.3) is 0 Å². The van der Waals surface area contributed by atoms with Crippen molar-refractivity contribution in [3.63, 3.8) is 0 Å². The number of unbranched alkanes of at least 4 members (excludes halogenated alkanes) is 1. The smallest absolute Gasteiger partial charge is 0.0580 e. The monoisotopic (exact) mass is 269 g/mol. The molecular weight excluding hydrogens is 234 g/mol. The highest BCUT2D eigenvalue weighted by molar-refractivity contribution is 4.86. The first-order chi connectivity index (χ1) is 8.88. The lowest BCUT2D eigenvalue weighted by molar-refractivity contribution is 0.00377. The van der Waals surface area contributed by atoms with Crippen LogP contribution in [-0.4, -0.2) is 35.7 Å². The lowest BCUT2D eigenvalue weighted by Gasteiger charge is -2.41. The number of aliphatic hydroxyl groups excluding tert-OH is 1. The molecule has 0 radical (unpaired) electrons. The van der Waals surface area contributed by atoms with Gasteiger partial charge in [-0.15, -0.1) is 0 Å². The fraction of sp³-hybridized carbons (Fsp3) is 1.00. The Morgan fingerprint density at radius 1 is 1.16 bits per heavy atom. The lowest BCUT2D eigenvalue weighted by atomic mass is 9.68. The van der Waals surface area contributed by atoms with Crippen molar-refractivity contribution in [3.8, 4) is 0 Å². The molecule has 1 fully saturated rings. The maximum Gasteiger partial charge on any atom is 0.0580 e. The standard InChI is InChI=1S/C17H35NO/c1-6-8-11-18(7-2)13-14-12-15(17(3,4)5)9-10-16(14)19/h14-16,19H,6-13H2,1-5H3. The highest BCUT2D eigenvalue weighted by Gasteiger charge is 2.35. The molecular formula is C17H35NO. The molecule has 1 aliphatic carbocycles. The van der Waals surface area contributed by atoms with E-state index in [1.54, 1.807) is 0 Å². The lowest BCUT2D eigenvalue weighted by Crippen LogP contribution is -2.41. The van der Waals surface area contributed by atoms with Gasteiger partial charge in [0.05, 0.1) is 6.10 Å². The number of hydrogen-bond donors (Lipinski definition) is 1. The summed E-state index contributed by atoms with van der Waals surface area (Å²) in [5.74, 6) is 1.25. The summed E-state index contributed by atoms with van der Waals surface area (Å²) in [4.78, 5) is 2.53. The molecule has 3 atom stereocenters. The van der Waals surface area contributed by atoms with Gasteiger partial charge in [0.2, 0.25) is 0 Å². The molecule has 19 heavy (non-hydrogen) atoms. The predicted molar refractivity (Wildman–Crippen MR) is 83.3 cm³/mol. The van der Waals surface area contributed by atoms with E-state index in [9.17, 15) is 5.11 Å². The third-order valence-corrected chi connectivity index (χ3v) is 4.93. The van der Waals surface area contributed by atoms with E-state index in [2.05, 4.69) is 39.5 Å². The Bertz CT molecular complexity index is 246. The molecule has 0 heterocycles.